The summed E-state index contributed by atoms with van der Waals surface area (Å²) in [5.74, 6) is 2.58. The third-order valence-corrected chi connectivity index (χ3v) is 13.4. The number of aryl methyl sites for hydroxylation is 2. The summed E-state index contributed by atoms with van der Waals surface area (Å²) in [5, 5.41) is 21.6. The molecule has 0 spiro atoms. The molecule has 8 aromatic rings. The molecule has 0 bridgehead atoms. The van der Waals surface area contributed by atoms with Crippen LogP contribution >= 0.6 is 22.7 Å². The van der Waals surface area contributed by atoms with Gasteiger partial charge in [-0.25, -0.2) is 38.4 Å². The maximum absolute atomic E-state index is 13.4. The van der Waals surface area contributed by atoms with Gasteiger partial charge in [-0.15, -0.1) is 32.9 Å². The highest BCUT2D eigenvalue weighted by Crippen LogP contribution is 2.43. The molecule has 1 unspecified atom stereocenters. The molecule has 2 aromatic carbocycles. The van der Waals surface area contributed by atoms with Crippen LogP contribution in [0.1, 0.15) is 38.1 Å². The lowest BCUT2D eigenvalue weighted by Gasteiger charge is -2.19. The molecular weight excluding hydrogens is 883 g/mol. The number of rotatable bonds is 10. The van der Waals surface area contributed by atoms with Crippen LogP contribution in [0.3, 0.4) is 0 Å². The number of anilines is 6. The van der Waals surface area contributed by atoms with E-state index in [1.54, 1.807) is 33.3 Å². The Morgan fingerprint density at radius 2 is 1.17 bits per heavy atom. The summed E-state index contributed by atoms with van der Waals surface area (Å²) in [4.78, 5) is 45.8. The van der Waals surface area contributed by atoms with Crippen LogP contribution in [0.5, 0.6) is 0 Å². The van der Waals surface area contributed by atoms with Crippen molar-refractivity contribution in [2.24, 2.45) is 0 Å². The van der Waals surface area contributed by atoms with Gasteiger partial charge in [-0.3, -0.25) is 4.79 Å². The van der Waals surface area contributed by atoms with Gasteiger partial charge in [0.2, 0.25) is 0 Å². The molecule has 1 N–H and O–H groups in total. The number of thiazole rings is 2. The molecule has 0 aliphatic carbocycles. The number of aliphatic hydroxyl groups is 1. The molecular formula is C46H42F2N14O2S2. The number of β-amino-alcohol motifs (C(OH)–C–C–N with tert-alkyl or cyclic N) is 1. The zero-order chi connectivity index (χ0) is 46.2. The number of imidazole rings is 2. The van der Waals surface area contributed by atoms with Gasteiger partial charge in [-0.1, -0.05) is 38.1 Å². The summed E-state index contributed by atoms with van der Waals surface area (Å²) >= 11 is 2.54. The molecule has 0 saturated carbocycles. The van der Waals surface area contributed by atoms with Crippen LogP contribution in [0.2, 0.25) is 0 Å². The fraction of sp³-hybridized carbons (Fsp3) is 0.283. The highest BCUT2D eigenvalue weighted by Gasteiger charge is 2.27. The van der Waals surface area contributed by atoms with Gasteiger partial charge < -0.3 is 24.7 Å². The zero-order valence-corrected chi connectivity index (χ0v) is 38.0. The fourth-order valence-corrected chi connectivity index (χ4v) is 9.67. The first-order chi connectivity index (χ1) is 32.0. The van der Waals surface area contributed by atoms with E-state index in [0.29, 0.717) is 87.3 Å². The minimum absolute atomic E-state index is 0.205. The molecule has 2 saturated heterocycles. The van der Waals surface area contributed by atoms with E-state index in [-0.39, 0.29) is 23.5 Å². The predicted octanol–water partition coefficient (Wildman–Crippen LogP) is 9.10. The smallest absolute Gasteiger partial charge is 0.270 e. The number of ketones is 1. The highest BCUT2D eigenvalue weighted by molar-refractivity contribution is 7.20. The number of fused-ring (bicyclic) bond motifs is 2. The first-order valence-electron chi connectivity index (χ1n) is 21.2. The molecule has 1 atom stereocenters. The number of halogens is 2. The molecule has 66 heavy (non-hydrogen) atoms. The van der Waals surface area contributed by atoms with E-state index in [4.69, 9.17) is 43.3 Å². The van der Waals surface area contributed by atoms with Crippen molar-refractivity contribution in [2.75, 3.05) is 59.9 Å². The monoisotopic (exact) mass is 924 g/mol. The van der Waals surface area contributed by atoms with E-state index >= 15 is 0 Å². The van der Waals surface area contributed by atoms with Gasteiger partial charge >= 0.3 is 0 Å². The number of benzene rings is 2. The summed E-state index contributed by atoms with van der Waals surface area (Å²) in [5.41, 5.74) is 5.57. The van der Waals surface area contributed by atoms with Gasteiger partial charge in [0.05, 0.1) is 48.6 Å². The molecule has 0 amide bonds. The van der Waals surface area contributed by atoms with Gasteiger partial charge in [-0.2, -0.15) is 9.03 Å². The van der Waals surface area contributed by atoms with Crippen LogP contribution in [-0.2, 0) is 17.6 Å². The molecule has 6 aromatic heterocycles. The Labute approximate surface area is 386 Å². The Kier molecular flexibility index (Phi) is 12.1. The van der Waals surface area contributed by atoms with E-state index < -0.39 is 0 Å². The molecule has 0 radical (unpaired) electrons. The maximum atomic E-state index is 13.4. The van der Waals surface area contributed by atoms with E-state index in [0.717, 1.165) is 53.3 Å². The second-order valence-electron chi connectivity index (χ2n) is 15.6. The Bertz CT molecular complexity index is 3190. The van der Waals surface area contributed by atoms with Crippen molar-refractivity contribution in [3.05, 3.63) is 119 Å². The third-order valence-electron chi connectivity index (χ3n) is 11.4. The van der Waals surface area contributed by atoms with Crippen molar-refractivity contribution >= 4 is 83.3 Å². The lowest BCUT2D eigenvalue weighted by molar-refractivity contribution is -0.116. The van der Waals surface area contributed by atoms with Crippen LogP contribution in [0.15, 0.2) is 72.8 Å². The maximum Gasteiger partial charge on any atom is 0.270 e. The Morgan fingerprint density at radius 3 is 1.56 bits per heavy atom. The lowest BCUT2D eigenvalue weighted by Crippen LogP contribution is -2.23. The van der Waals surface area contributed by atoms with Crippen LogP contribution in [-0.4, -0.2) is 96.4 Å². The average Bonchev–Trinajstić information content (AvgIpc) is 4.21. The quantitative estimate of drug-likeness (QED) is 0.131. The summed E-state index contributed by atoms with van der Waals surface area (Å²) in [6.07, 6.45) is 2.30. The van der Waals surface area contributed by atoms with Crippen molar-refractivity contribution < 1.29 is 18.7 Å². The second kappa shape index (κ2) is 18.2. The van der Waals surface area contributed by atoms with E-state index in [2.05, 4.69) is 14.6 Å². The summed E-state index contributed by atoms with van der Waals surface area (Å²) < 4.78 is 30.3. The number of aromatic nitrogens is 8. The third kappa shape index (κ3) is 8.37. The summed E-state index contributed by atoms with van der Waals surface area (Å²) in [6.45, 7) is 21.6. The van der Waals surface area contributed by atoms with Crippen LogP contribution in [0, 0.1) is 24.8 Å². The normalized spacial score (nSPS) is 14.7. The first kappa shape index (κ1) is 43.8. The van der Waals surface area contributed by atoms with Crippen molar-refractivity contribution in [1.82, 2.24) is 39.2 Å². The van der Waals surface area contributed by atoms with Crippen molar-refractivity contribution in [3.8, 4) is 22.5 Å². The molecule has 8 heterocycles. The summed E-state index contributed by atoms with van der Waals surface area (Å²) in [7, 11) is 3.76. The van der Waals surface area contributed by atoms with Crippen LogP contribution in [0.4, 0.5) is 52.3 Å². The van der Waals surface area contributed by atoms with Crippen molar-refractivity contribution in [3.63, 3.8) is 0 Å². The van der Waals surface area contributed by atoms with Gasteiger partial charge in [0.1, 0.15) is 23.3 Å². The van der Waals surface area contributed by atoms with E-state index in [1.165, 1.54) is 46.9 Å². The summed E-state index contributed by atoms with van der Waals surface area (Å²) in [6, 6.07) is 19.6. The topological polar surface area (TPSA) is 145 Å². The number of Topliss-reactive ketones (excluding diaryl/α,β-unsaturated/α-hetero) is 1. The molecule has 2 fully saturated rings. The van der Waals surface area contributed by atoms with Crippen LogP contribution < -0.4 is 19.6 Å². The van der Waals surface area contributed by atoms with E-state index in [9.17, 15) is 18.7 Å². The minimum atomic E-state index is -0.342. The van der Waals surface area contributed by atoms with E-state index in [1.807, 2.05) is 66.9 Å². The molecule has 16 nitrogen and oxygen atoms in total. The number of carbonyl (C=O) groups is 1. The van der Waals surface area contributed by atoms with Crippen molar-refractivity contribution in [2.45, 2.75) is 45.6 Å². The number of aliphatic hydroxyl groups excluding tert-OH is 1. The minimum Gasteiger partial charge on any atom is -0.391 e. The van der Waals surface area contributed by atoms with Crippen molar-refractivity contribution in [1.29, 1.82) is 0 Å². The van der Waals surface area contributed by atoms with Gasteiger partial charge in [0, 0.05) is 40.2 Å². The molecule has 2 aliphatic heterocycles. The Hall–Kier alpha value is -7.39. The first-order valence-corrected chi connectivity index (χ1v) is 22.8. The largest absolute Gasteiger partial charge is 0.391 e. The Morgan fingerprint density at radius 1 is 0.697 bits per heavy atom. The molecule has 20 heteroatoms. The number of hydrogen-bond acceptors (Lipinski definition) is 14. The molecule has 10 rings (SSSR count). The molecule has 2 aliphatic rings. The van der Waals surface area contributed by atoms with Gasteiger partial charge in [0.15, 0.2) is 39.0 Å². The Balaban J connectivity index is 0.000000166. The number of hydrogen-bond donors (Lipinski definition) is 1. The number of carbonyl (C=O) groups excluding carboxylic acids is 1. The number of nitrogens with zero attached hydrogens (tertiary/aromatic N) is 14. The average molecular weight is 925 g/mol. The van der Waals surface area contributed by atoms with Crippen LogP contribution in [0.25, 0.3) is 43.5 Å². The SMILES string of the molecule is [C-]#[N+]c1sc(N(C)c2c(CC)nc3ccc(N4CCC(=O)C4)nn23)nc1-c1ccc(F)cc1.[C-]#[N+]c1sc(N(C)c2c(CC)nc3ccc(N4CCC(O)C4)nn23)nc1-c1ccc(F)cc1. The lowest BCUT2D eigenvalue weighted by atomic mass is 10.1. The predicted molar refractivity (Wildman–Crippen MR) is 253 cm³/mol. The zero-order valence-electron chi connectivity index (χ0n) is 36.4. The van der Waals surface area contributed by atoms with Gasteiger partial charge in [-0.05, 0) is 78.9 Å². The van der Waals surface area contributed by atoms with Gasteiger partial charge in [0.25, 0.3) is 10.0 Å². The highest BCUT2D eigenvalue weighted by atomic mass is 32.1. The second-order valence-corrected chi connectivity index (χ2v) is 17.6. The fourth-order valence-electron chi connectivity index (χ4n) is 7.99. The standard InChI is InChI=1S/C23H22FN7OS.C23H20FN7OS/c2*1-4-17-22(31-18(26-17)9-10-19(28-31)30-12-11-16(32)13-30)29(3)23-27-20(21(25-2)33-23)14-5-7-15(24)8-6-14/h5-10,16,32H,4,11-13H2,1,3H3;5-10H,4,11-13H2,1,3H3. The molecule has 334 valence electrons.